The van der Waals surface area contributed by atoms with Crippen LogP contribution in [0.15, 0.2) is 30.6 Å². The Hall–Kier alpha value is -1.32. The molecule has 1 unspecified atom stereocenters. The minimum atomic E-state index is 0.0926. The molecule has 1 aromatic carbocycles. The van der Waals surface area contributed by atoms with Crippen molar-refractivity contribution in [1.82, 2.24) is 9.97 Å². The van der Waals surface area contributed by atoms with Crippen molar-refractivity contribution in [3.63, 3.8) is 0 Å². The van der Waals surface area contributed by atoms with Crippen molar-refractivity contribution in [2.45, 2.75) is 26.3 Å². The van der Waals surface area contributed by atoms with Gasteiger partial charge in [0.2, 0.25) is 0 Å². The average molecular weight is 296 g/mol. The number of hydrogen-bond acceptors (Lipinski definition) is 3. The second-order valence-corrected chi connectivity index (χ2v) is 5.06. The van der Waals surface area contributed by atoms with E-state index in [-0.39, 0.29) is 6.04 Å². The van der Waals surface area contributed by atoms with Gasteiger partial charge in [-0.3, -0.25) is 0 Å². The van der Waals surface area contributed by atoms with E-state index < -0.39 is 0 Å². The Kier molecular flexibility index (Phi) is 4.61. The molecular formula is C14H15Cl2N3. The first-order chi connectivity index (χ1) is 9.11. The van der Waals surface area contributed by atoms with E-state index in [0.29, 0.717) is 5.15 Å². The second kappa shape index (κ2) is 6.22. The highest BCUT2D eigenvalue weighted by Crippen LogP contribution is 2.25. The molecule has 0 saturated heterocycles. The lowest BCUT2D eigenvalue weighted by Crippen LogP contribution is -2.10. The van der Waals surface area contributed by atoms with Gasteiger partial charge in [0.25, 0.3) is 0 Å². The lowest BCUT2D eigenvalue weighted by Gasteiger charge is -2.17. The Morgan fingerprint density at radius 2 is 2.05 bits per heavy atom. The first-order valence-electron chi connectivity index (χ1n) is 6.13. The number of hydrogen-bond donors (Lipinski definition) is 1. The van der Waals surface area contributed by atoms with E-state index in [4.69, 9.17) is 23.2 Å². The molecule has 5 heteroatoms. The quantitative estimate of drug-likeness (QED) is 0.843. The lowest BCUT2D eigenvalue weighted by atomic mass is 10.1. The van der Waals surface area contributed by atoms with Gasteiger partial charge in [-0.15, -0.1) is 0 Å². The molecule has 1 heterocycles. The standard InChI is InChI=1S/C14H15Cl2N3/c1-3-12-13(16)17-8-18-14(12)19-9(2)10-5-4-6-11(15)7-10/h4-9H,3H2,1-2H3,(H,17,18,19). The monoisotopic (exact) mass is 295 g/mol. The van der Waals surface area contributed by atoms with Crippen molar-refractivity contribution in [1.29, 1.82) is 0 Å². The normalized spacial score (nSPS) is 12.2. The van der Waals surface area contributed by atoms with Crippen molar-refractivity contribution in [2.75, 3.05) is 5.32 Å². The SMILES string of the molecule is CCc1c(Cl)ncnc1NC(C)c1cccc(Cl)c1. The van der Waals surface area contributed by atoms with Crippen LogP contribution in [0.5, 0.6) is 0 Å². The smallest absolute Gasteiger partial charge is 0.137 e. The minimum Gasteiger partial charge on any atom is -0.363 e. The molecule has 0 fully saturated rings. The maximum atomic E-state index is 6.07. The number of benzene rings is 1. The van der Waals surface area contributed by atoms with E-state index in [1.165, 1.54) is 6.33 Å². The number of aromatic nitrogens is 2. The van der Waals surface area contributed by atoms with E-state index in [9.17, 15) is 0 Å². The van der Waals surface area contributed by atoms with Crippen molar-refractivity contribution in [2.24, 2.45) is 0 Å². The van der Waals surface area contributed by atoms with Gasteiger partial charge in [0, 0.05) is 10.6 Å². The molecule has 0 aliphatic heterocycles. The molecule has 19 heavy (non-hydrogen) atoms. The van der Waals surface area contributed by atoms with Crippen molar-refractivity contribution in [3.8, 4) is 0 Å². The van der Waals surface area contributed by atoms with Gasteiger partial charge in [-0.1, -0.05) is 42.3 Å². The van der Waals surface area contributed by atoms with Crippen LogP contribution in [0.2, 0.25) is 10.2 Å². The molecule has 0 aliphatic carbocycles. The fourth-order valence-corrected chi connectivity index (χ4v) is 2.36. The Labute approximate surface area is 123 Å². The summed E-state index contributed by atoms with van der Waals surface area (Å²) in [5.74, 6) is 0.773. The van der Waals surface area contributed by atoms with Gasteiger partial charge in [0.15, 0.2) is 0 Å². The summed E-state index contributed by atoms with van der Waals surface area (Å²) in [5, 5.41) is 4.57. The van der Waals surface area contributed by atoms with Crippen LogP contribution in [0, 0.1) is 0 Å². The molecule has 0 radical (unpaired) electrons. The lowest BCUT2D eigenvalue weighted by molar-refractivity contribution is 0.862. The zero-order chi connectivity index (χ0) is 13.8. The summed E-state index contributed by atoms with van der Waals surface area (Å²) in [6.45, 7) is 4.08. The van der Waals surface area contributed by atoms with Gasteiger partial charge in [-0.05, 0) is 31.0 Å². The van der Waals surface area contributed by atoms with Crippen LogP contribution in [-0.2, 0) is 6.42 Å². The fourth-order valence-electron chi connectivity index (χ4n) is 1.89. The van der Waals surface area contributed by atoms with E-state index in [2.05, 4.69) is 22.2 Å². The second-order valence-electron chi connectivity index (χ2n) is 4.27. The van der Waals surface area contributed by atoms with Crippen LogP contribution in [0.1, 0.15) is 31.0 Å². The third-order valence-corrected chi connectivity index (χ3v) is 3.51. The molecule has 0 saturated carbocycles. The van der Waals surface area contributed by atoms with Gasteiger partial charge < -0.3 is 5.32 Å². The predicted molar refractivity (Wildman–Crippen MR) is 79.9 cm³/mol. The largest absolute Gasteiger partial charge is 0.363 e. The van der Waals surface area contributed by atoms with Crippen LogP contribution in [0.4, 0.5) is 5.82 Å². The van der Waals surface area contributed by atoms with Gasteiger partial charge in [-0.2, -0.15) is 0 Å². The highest BCUT2D eigenvalue weighted by Gasteiger charge is 2.12. The minimum absolute atomic E-state index is 0.0926. The summed E-state index contributed by atoms with van der Waals surface area (Å²) in [5.41, 5.74) is 2.03. The average Bonchev–Trinajstić information content (AvgIpc) is 2.39. The number of nitrogens with one attached hydrogen (secondary N) is 1. The third-order valence-electron chi connectivity index (χ3n) is 2.95. The molecule has 1 N–H and O–H groups in total. The van der Waals surface area contributed by atoms with Crippen LogP contribution in [-0.4, -0.2) is 9.97 Å². The first-order valence-corrected chi connectivity index (χ1v) is 6.88. The van der Waals surface area contributed by atoms with Gasteiger partial charge in [0.1, 0.15) is 17.3 Å². The van der Waals surface area contributed by atoms with E-state index in [1.54, 1.807) is 0 Å². The van der Waals surface area contributed by atoms with E-state index in [1.807, 2.05) is 31.2 Å². The molecular weight excluding hydrogens is 281 g/mol. The molecule has 0 spiro atoms. The summed E-state index contributed by atoms with van der Waals surface area (Å²) in [7, 11) is 0. The van der Waals surface area contributed by atoms with Crippen molar-refractivity contribution in [3.05, 3.63) is 51.9 Å². The predicted octanol–water partition coefficient (Wildman–Crippen LogP) is 4.52. The number of halogens is 2. The number of anilines is 1. The topological polar surface area (TPSA) is 37.8 Å². The van der Waals surface area contributed by atoms with E-state index >= 15 is 0 Å². The fraction of sp³-hybridized carbons (Fsp3) is 0.286. The van der Waals surface area contributed by atoms with Crippen molar-refractivity contribution < 1.29 is 0 Å². The molecule has 0 amide bonds. The maximum absolute atomic E-state index is 6.07. The Morgan fingerprint density at radius 3 is 2.74 bits per heavy atom. The van der Waals surface area contributed by atoms with Crippen LogP contribution in [0.25, 0.3) is 0 Å². The molecule has 1 atom stereocenters. The molecule has 2 aromatic rings. The van der Waals surface area contributed by atoms with Crippen LogP contribution in [0.3, 0.4) is 0 Å². The highest BCUT2D eigenvalue weighted by atomic mass is 35.5. The van der Waals surface area contributed by atoms with Gasteiger partial charge in [-0.25, -0.2) is 9.97 Å². The Bertz CT molecular complexity index is 572. The molecule has 3 nitrogen and oxygen atoms in total. The Balaban J connectivity index is 2.24. The highest BCUT2D eigenvalue weighted by molar-refractivity contribution is 6.30. The molecule has 1 aromatic heterocycles. The van der Waals surface area contributed by atoms with Crippen molar-refractivity contribution >= 4 is 29.0 Å². The van der Waals surface area contributed by atoms with Crippen LogP contribution < -0.4 is 5.32 Å². The van der Waals surface area contributed by atoms with Crippen LogP contribution >= 0.6 is 23.2 Å². The summed E-state index contributed by atoms with van der Waals surface area (Å²) in [4.78, 5) is 8.26. The van der Waals surface area contributed by atoms with E-state index in [0.717, 1.165) is 28.4 Å². The van der Waals surface area contributed by atoms with Gasteiger partial charge >= 0.3 is 0 Å². The zero-order valence-electron chi connectivity index (χ0n) is 10.8. The number of nitrogens with zero attached hydrogens (tertiary/aromatic N) is 2. The summed E-state index contributed by atoms with van der Waals surface area (Å²) in [6, 6.07) is 7.85. The summed E-state index contributed by atoms with van der Waals surface area (Å²) >= 11 is 12.1. The Morgan fingerprint density at radius 1 is 1.26 bits per heavy atom. The first kappa shape index (κ1) is 14.1. The maximum Gasteiger partial charge on any atom is 0.137 e. The third kappa shape index (κ3) is 3.37. The summed E-state index contributed by atoms with van der Waals surface area (Å²) in [6.07, 6.45) is 2.25. The summed E-state index contributed by atoms with van der Waals surface area (Å²) < 4.78 is 0. The molecule has 2 rings (SSSR count). The molecule has 100 valence electrons. The number of rotatable bonds is 4. The van der Waals surface area contributed by atoms with Gasteiger partial charge in [0.05, 0.1) is 6.04 Å². The zero-order valence-corrected chi connectivity index (χ0v) is 12.3. The molecule has 0 bridgehead atoms. The molecule has 0 aliphatic rings.